The molecule has 19 heavy (non-hydrogen) atoms. The quantitative estimate of drug-likeness (QED) is 0.792. The standard InChI is InChI=1S/C14H17N3O2/c18-13-10-16(9-6-11-4-1-2-7-15-11)14(19)12-5-3-8-17(12)13/h1-2,4,7,12H,3,5-6,8-10H2. The van der Waals surface area contributed by atoms with E-state index in [1.165, 1.54) is 0 Å². The van der Waals surface area contributed by atoms with E-state index in [1.54, 1.807) is 16.0 Å². The van der Waals surface area contributed by atoms with Crippen molar-refractivity contribution in [2.24, 2.45) is 0 Å². The maximum atomic E-state index is 12.3. The highest BCUT2D eigenvalue weighted by Crippen LogP contribution is 2.23. The average molecular weight is 259 g/mol. The molecule has 2 aliphatic heterocycles. The normalized spacial score (nSPS) is 22.8. The zero-order chi connectivity index (χ0) is 13.2. The van der Waals surface area contributed by atoms with Crippen molar-refractivity contribution in [3.8, 4) is 0 Å². The molecule has 1 unspecified atom stereocenters. The van der Waals surface area contributed by atoms with E-state index in [4.69, 9.17) is 0 Å². The minimum absolute atomic E-state index is 0.0862. The van der Waals surface area contributed by atoms with Crippen LogP contribution in [0.4, 0.5) is 0 Å². The Kier molecular flexibility index (Phi) is 3.19. The minimum atomic E-state index is -0.204. The van der Waals surface area contributed by atoms with Crippen LogP contribution < -0.4 is 0 Å². The van der Waals surface area contributed by atoms with Crippen molar-refractivity contribution in [3.05, 3.63) is 30.1 Å². The molecule has 5 heteroatoms. The van der Waals surface area contributed by atoms with E-state index >= 15 is 0 Å². The van der Waals surface area contributed by atoms with Crippen LogP contribution in [0.15, 0.2) is 24.4 Å². The predicted octanol–water partition coefficient (Wildman–Crippen LogP) is 0.457. The number of nitrogens with zero attached hydrogens (tertiary/aromatic N) is 3. The summed E-state index contributed by atoms with van der Waals surface area (Å²) < 4.78 is 0. The molecule has 0 bridgehead atoms. The average Bonchev–Trinajstić information content (AvgIpc) is 2.92. The van der Waals surface area contributed by atoms with Crippen LogP contribution >= 0.6 is 0 Å². The van der Waals surface area contributed by atoms with Crippen LogP contribution in [0.25, 0.3) is 0 Å². The number of carbonyl (C=O) groups excluding carboxylic acids is 2. The first kappa shape index (κ1) is 12.1. The van der Waals surface area contributed by atoms with Gasteiger partial charge in [-0.15, -0.1) is 0 Å². The van der Waals surface area contributed by atoms with Gasteiger partial charge in [0.2, 0.25) is 11.8 Å². The minimum Gasteiger partial charge on any atom is -0.331 e. The summed E-state index contributed by atoms with van der Waals surface area (Å²) in [6, 6.07) is 5.54. The monoisotopic (exact) mass is 259 g/mol. The first-order valence-electron chi connectivity index (χ1n) is 6.74. The van der Waals surface area contributed by atoms with Crippen molar-refractivity contribution < 1.29 is 9.59 Å². The molecule has 2 aliphatic rings. The molecular formula is C14H17N3O2. The molecule has 2 saturated heterocycles. The van der Waals surface area contributed by atoms with Gasteiger partial charge in [0, 0.05) is 31.4 Å². The SMILES string of the molecule is O=C1C2CCCN2C(=O)CN1CCc1ccccn1. The van der Waals surface area contributed by atoms with E-state index < -0.39 is 0 Å². The Balaban J connectivity index is 1.65. The van der Waals surface area contributed by atoms with Gasteiger partial charge in [-0.1, -0.05) is 6.07 Å². The van der Waals surface area contributed by atoms with Gasteiger partial charge in [0.05, 0.1) is 6.54 Å². The molecule has 0 aliphatic carbocycles. The maximum Gasteiger partial charge on any atom is 0.245 e. The number of aromatic nitrogens is 1. The lowest BCUT2D eigenvalue weighted by Crippen LogP contribution is -2.57. The Bertz CT molecular complexity index is 489. The van der Waals surface area contributed by atoms with Crippen molar-refractivity contribution in [2.45, 2.75) is 25.3 Å². The second kappa shape index (κ2) is 4.99. The third-order valence-corrected chi connectivity index (χ3v) is 3.86. The highest BCUT2D eigenvalue weighted by atomic mass is 16.2. The largest absolute Gasteiger partial charge is 0.331 e. The number of amides is 2. The summed E-state index contributed by atoms with van der Waals surface area (Å²) in [6.07, 6.45) is 4.20. The smallest absolute Gasteiger partial charge is 0.245 e. The van der Waals surface area contributed by atoms with Gasteiger partial charge in [0.15, 0.2) is 0 Å². The summed E-state index contributed by atoms with van der Waals surface area (Å²) in [6.45, 7) is 1.54. The molecule has 2 fully saturated rings. The van der Waals surface area contributed by atoms with Gasteiger partial charge in [-0.2, -0.15) is 0 Å². The highest BCUT2D eigenvalue weighted by molar-refractivity contribution is 5.95. The van der Waals surface area contributed by atoms with Gasteiger partial charge in [-0.3, -0.25) is 14.6 Å². The van der Waals surface area contributed by atoms with Gasteiger partial charge < -0.3 is 9.80 Å². The number of piperazine rings is 1. The molecule has 0 spiro atoms. The molecule has 0 N–H and O–H groups in total. The molecule has 3 heterocycles. The Labute approximate surface area is 112 Å². The molecule has 3 rings (SSSR count). The number of fused-ring (bicyclic) bond motifs is 1. The third-order valence-electron chi connectivity index (χ3n) is 3.86. The maximum absolute atomic E-state index is 12.3. The summed E-state index contributed by atoms with van der Waals surface area (Å²) in [5.41, 5.74) is 0.955. The first-order valence-corrected chi connectivity index (χ1v) is 6.74. The highest BCUT2D eigenvalue weighted by Gasteiger charge is 2.41. The van der Waals surface area contributed by atoms with Crippen molar-refractivity contribution in [1.82, 2.24) is 14.8 Å². The molecule has 1 aromatic heterocycles. The predicted molar refractivity (Wildman–Crippen MR) is 69.3 cm³/mol. The van der Waals surface area contributed by atoms with Crippen LogP contribution in [0.1, 0.15) is 18.5 Å². The molecular weight excluding hydrogens is 242 g/mol. The number of carbonyl (C=O) groups is 2. The van der Waals surface area contributed by atoms with E-state index in [1.807, 2.05) is 18.2 Å². The molecule has 5 nitrogen and oxygen atoms in total. The topological polar surface area (TPSA) is 53.5 Å². The molecule has 1 aromatic rings. The number of pyridine rings is 1. The van der Waals surface area contributed by atoms with Crippen molar-refractivity contribution in [1.29, 1.82) is 0 Å². The van der Waals surface area contributed by atoms with Crippen LogP contribution in [0.5, 0.6) is 0 Å². The van der Waals surface area contributed by atoms with Crippen molar-refractivity contribution >= 4 is 11.8 Å². The molecule has 2 amide bonds. The summed E-state index contributed by atoms with van der Waals surface area (Å²) in [7, 11) is 0. The van der Waals surface area contributed by atoms with Gasteiger partial charge in [0.25, 0.3) is 0 Å². The number of hydrogen-bond acceptors (Lipinski definition) is 3. The van der Waals surface area contributed by atoms with Gasteiger partial charge >= 0.3 is 0 Å². The van der Waals surface area contributed by atoms with Crippen LogP contribution in [-0.4, -0.2) is 52.3 Å². The zero-order valence-electron chi connectivity index (χ0n) is 10.8. The second-order valence-electron chi connectivity index (χ2n) is 5.08. The fraction of sp³-hybridized carbons (Fsp3) is 0.500. The fourth-order valence-electron chi connectivity index (χ4n) is 2.85. The third kappa shape index (κ3) is 2.32. The van der Waals surface area contributed by atoms with E-state index in [-0.39, 0.29) is 24.4 Å². The van der Waals surface area contributed by atoms with Crippen LogP contribution in [-0.2, 0) is 16.0 Å². The first-order chi connectivity index (χ1) is 9.25. The van der Waals surface area contributed by atoms with Gasteiger partial charge in [-0.25, -0.2) is 0 Å². The molecule has 0 aromatic carbocycles. The lowest BCUT2D eigenvalue weighted by molar-refractivity contribution is -0.153. The number of rotatable bonds is 3. The lowest BCUT2D eigenvalue weighted by atomic mass is 10.1. The Hall–Kier alpha value is -1.91. The van der Waals surface area contributed by atoms with E-state index in [0.29, 0.717) is 13.0 Å². The van der Waals surface area contributed by atoms with Crippen LogP contribution in [0, 0.1) is 0 Å². The molecule has 0 saturated carbocycles. The van der Waals surface area contributed by atoms with Crippen LogP contribution in [0.2, 0.25) is 0 Å². The summed E-state index contributed by atoms with van der Waals surface area (Å²) in [5, 5.41) is 0. The summed E-state index contributed by atoms with van der Waals surface area (Å²) in [5.74, 6) is 0.191. The van der Waals surface area contributed by atoms with E-state index in [2.05, 4.69) is 4.98 Å². The number of hydrogen-bond donors (Lipinski definition) is 0. The van der Waals surface area contributed by atoms with Gasteiger partial charge in [0.1, 0.15) is 6.04 Å². The molecule has 100 valence electrons. The fourth-order valence-corrected chi connectivity index (χ4v) is 2.85. The Morgan fingerprint density at radius 2 is 2.21 bits per heavy atom. The molecule has 0 radical (unpaired) electrons. The Morgan fingerprint density at radius 1 is 1.32 bits per heavy atom. The second-order valence-corrected chi connectivity index (χ2v) is 5.08. The molecule has 1 atom stereocenters. The van der Waals surface area contributed by atoms with Crippen molar-refractivity contribution in [2.75, 3.05) is 19.6 Å². The summed E-state index contributed by atoms with van der Waals surface area (Å²) in [4.78, 5) is 31.9. The van der Waals surface area contributed by atoms with Crippen molar-refractivity contribution in [3.63, 3.8) is 0 Å². The summed E-state index contributed by atoms with van der Waals surface area (Å²) >= 11 is 0. The Morgan fingerprint density at radius 3 is 3.00 bits per heavy atom. The van der Waals surface area contributed by atoms with Gasteiger partial charge in [-0.05, 0) is 25.0 Å². The van der Waals surface area contributed by atoms with Crippen LogP contribution in [0.3, 0.4) is 0 Å². The van der Waals surface area contributed by atoms with E-state index in [9.17, 15) is 9.59 Å². The van der Waals surface area contributed by atoms with E-state index in [0.717, 1.165) is 25.1 Å². The zero-order valence-corrected chi connectivity index (χ0v) is 10.8. The lowest BCUT2D eigenvalue weighted by Gasteiger charge is -2.36.